The van der Waals surface area contributed by atoms with Crippen LogP contribution in [0.2, 0.25) is 0 Å². The van der Waals surface area contributed by atoms with E-state index in [1.165, 1.54) is 12.6 Å². The molecule has 9 heteroatoms. The number of halogens is 3. The number of carbonyl (C=O) groups is 1. The van der Waals surface area contributed by atoms with E-state index in [0.29, 0.717) is 0 Å². The fourth-order valence-electron chi connectivity index (χ4n) is 2.23. The first-order valence-electron chi connectivity index (χ1n) is 7.70. The van der Waals surface area contributed by atoms with Crippen molar-refractivity contribution in [3.63, 3.8) is 0 Å². The van der Waals surface area contributed by atoms with Gasteiger partial charge in [-0.25, -0.2) is 0 Å². The number of nitrogens with zero attached hydrogens (tertiary/aromatic N) is 3. The average molecular weight is 372 g/mol. The Morgan fingerprint density at radius 1 is 1.28 bits per heavy atom. The van der Waals surface area contributed by atoms with Crippen LogP contribution in [-0.2, 0) is 24.4 Å². The first kappa shape index (κ1) is 19.3. The second-order valence-electron chi connectivity index (χ2n) is 5.64. The van der Waals surface area contributed by atoms with Crippen molar-refractivity contribution in [2.45, 2.75) is 37.1 Å². The lowest BCUT2D eigenvalue weighted by atomic mass is 10.1. The molecule has 0 radical (unpaired) electrons. The highest BCUT2D eigenvalue weighted by Gasteiger charge is 2.37. The minimum atomic E-state index is -4.56. The van der Waals surface area contributed by atoms with E-state index in [1.807, 2.05) is 37.3 Å². The minimum absolute atomic E-state index is 0.0144. The summed E-state index contributed by atoms with van der Waals surface area (Å²) in [6.45, 7) is 1.90. The average Bonchev–Trinajstić information content (AvgIpc) is 2.93. The zero-order valence-electron chi connectivity index (χ0n) is 13.9. The van der Waals surface area contributed by atoms with Crippen LogP contribution in [0.15, 0.2) is 35.5 Å². The number of alkyl halides is 3. The van der Waals surface area contributed by atoms with Gasteiger partial charge in [0.05, 0.1) is 5.75 Å². The number of amides is 1. The van der Waals surface area contributed by atoms with Gasteiger partial charge < -0.3 is 9.88 Å². The first-order chi connectivity index (χ1) is 11.8. The SMILES string of the molecule is CC(CCc1ccccc1)NC(=O)CSc1nnc(C(F)(F)F)n1C. The molecule has 5 nitrogen and oxygen atoms in total. The number of hydrogen-bond donors (Lipinski definition) is 1. The molecular formula is C16H19F3N4OS. The van der Waals surface area contributed by atoms with Crippen LogP contribution in [0.3, 0.4) is 0 Å². The number of aromatic nitrogens is 3. The molecule has 0 aliphatic heterocycles. The lowest BCUT2D eigenvalue weighted by Crippen LogP contribution is -2.34. The van der Waals surface area contributed by atoms with Crippen LogP contribution in [0.1, 0.15) is 24.7 Å². The number of aryl methyl sites for hydroxylation is 1. The summed E-state index contributed by atoms with van der Waals surface area (Å²) in [5, 5.41) is 9.50. The molecule has 1 aromatic carbocycles. The van der Waals surface area contributed by atoms with Crippen molar-refractivity contribution in [3.8, 4) is 0 Å². The largest absolute Gasteiger partial charge is 0.451 e. The van der Waals surface area contributed by atoms with Gasteiger partial charge in [-0.1, -0.05) is 42.1 Å². The molecule has 2 aromatic rings. The smallest absolute Gasteiger partial charge is 0.353 e. The van der Waals surface area contributed by atoms with Crippen molar-refractivity contribution < 1.29 is 18.0 Å². The summed E-state index contributed by atoms with van der Waals surface area (Å²) in [5.74, 6) is -1.34. The summed E-state index contributed by atoms with van der Waals surface area (Å²) < 4.78 is 38.8. The van der Waals surface area contributed by atoms with Crippen molar-refractivity contribution >= 4 is 17.7 Å². The predicted molar refractivity (Wildman–Crippen MR) is 89.1 cm³/mol. The third kappa shape index (κ3) is 5.77. The van der Waals surface area contributed by atoms with Gasteiger partial charge in [0.25, 0.3) is 0 Å². The number of hydrogen-bond acceptors (Lipinski definition) is 4. The highest BCUT2D eigenvalue weighted by atomic mass is 32.2. The van der Waals surface area contributed by atoms with Crippen LogP contribution in [0.4, 0.5) is 13.2 Å². The second-order valence-corrected chi connectivity index (χ2v) is 6.59. The highest BCUT2D eigenvalue weighted by Crippen LogP contribution is 2.29. The molecule has 1 aromatic heterocycles. The summed E-state index contributed by atoms with van der Waals surface area (Å²) in [6.07, 6.45) is -2.94. The molecular weight excluding hydrogens is 353 g/mol. The molecule has 1 atom stereocenters. The molecule has 0 fully saturated rings. The van der Waals surface area contributed by atoms with Gasteiger partial charge in [-0.15, -0.1) is 10.2 Å². The van der Waals surface area contributed by atoms with E-state index in [2.05, 4.69) is 15.5 Å². The molecule has 0 saturated heterocycles. The van der Waals surface area contributed by atoms with Gasteiger partial charge in [0.2, 0.25) is 11.7 Å². The standard InChI is InChI=1S/C16H19F3N4OS/c1-11(8-9-12-6-4-3-5-7-12)20-13(24)10-25-15-22-21-14(23(15)2)16(17,18)19/h3-7,11H,8-10H2,1-2H3,(H,20,24). The molecule has 1 amide bonds. The fourth-order valence-corrected chi connectivity index (χ4v) is 2.96. The van der Waals surface area contributed by atoms with E-state index >= 15 is 0 Å². The van der Waals surface area contributed by atoms with Crippen molar-refractivity contribution in [1.29, 1.82) is 0 Å². The monoisotopic (exact) mass is 372 g/mol. The lowest BCUT2D eigenvalue weighted by molar-refractivity contribution is -0.147. The molecule has 1 heterocycles. The Hall–Kier alpha value is -2.03. The third-order valence-corrected chi connectivity index (χ3v) is 4.56. The van der Waals surface area contributed by atoms with E-state index in [-0.39, 0.29) is 22.9 Å². The summed E-state index contributed by atoms with van der Waals surface area (Å²) in [5.41, 5.74) is 1.19. The van der Waals surface area contributed by atoms with Crippen LogP contribution < -0.4 is 5.32 Å². The summed E-state index contributed by atoms with van der Waals surface area (Å²) in [6, 6.07) is 9.89. The zero-order chi connectivity index (χ0) is 18.4. The van der Waals surface area contributed by atoms with Crippen LogP contribution in [0, 0.1) is 0 Å². The van der Waals surface area contributed by atoms with Crippen LogP contribution in [-0.4, -0.2) is 32.5 Å². The summed E-state index contributed by atoms with van der Waals surface area (Å²) in [4.78, 5) is 11.9. The number of rotatable bonds is 7. The molecule has 0 spiro atoms. The zero-order valence-corrected chi connectivity index (χ0v) is 14.7. The molecule has 0 saturated carbocycles. The van der Waals surface area contributed by atoms with Gasteiger partial charge in [0.1, 0.15) is 0 Å². The second kappa shape index (κ2) is 8.37. The van der Waals surface area contributed by atoms with E-state index in [0.717, 1.165) is 29.2 Å². The third-order valence-electron chi connectivity index (χ3n) is 3.54. The molecule has 136 valence electrons. The first-order valence-corrected chi connectivity index (χ1v) is 8.68. The van der Waals surface area contributed by atoms with Crippen molar-refractivity contribution in [1.82, 2.24) is 20.1 Å². The maximum atomic E-state index is 12.6. The Bertz CT molecular complexity index is 703. The minimum Gasteiger partial charge on any atom is -0.353 e. The van der Waals surface area contributed by atoms with Gasteiger partial charge in [-0.3, -0.25) is 4.79 Å². The molecule has 1 N–H and O–H groups in total. The molecule has 0 bridgehead atoms. The molecule has 25 heavy (non-hydrogen) atoms. The Kier molecular flexibility index (Phi) is 6.46. The summed E-state index contributed by atoms with van der Waals surface area (Å²) >= 11 is 0.926. The van der Waals surface area contributed by atoms with Crippen LogP contribution in [0.25, 0.3) is 0 Å². The Labute approximate surface area is 148 Å². The quantitative estimate of drug-likeness (QED) is 0.759. The number of benzene rings is 1. The number of nitrogens with one attached hydrogen (secondary N) is 1. The Morgan fingerprint density at radius 2 is 1.96 bits per heavy atom. The van der Waals surface area contributed by atoms with E-state index < -0.39 is 12.0 Å². The van der Waals surface area contributed by atoms with Crippen molar-refractivity contribution in [3.05, 3.63) is 41.7 Å². The molecule has 2 rings (SSSR count). The van der Waals surface area contributed by atoms with Gasteiger partial charge in [0, 0.05) is 13.1 Å². The van der Waals surface area contributed by atoms with Crippen molar-refractivity contribution in [2.24, 2.45) is 7.05 Å². The maximum absolute atomic E-state index is 12.6. The lowest BCUT2D eigenvalue weighted by Gasteiger charge is -2.13. The van der Waals surface area contributed by atoms with E-state index in [4.69, 9.17) is 0 Å². The van der Waals surface area contributed by atoms with Gasteiger partial charge >= 0.3 is 6.18 Å². The topological polar surface area (TPSA) is 59.8 Å². The Morgan fingerprint density at radius 3 is 2.56 bits per heavy atom. The van der Waals surface area contributed by atoms with Gasteiger partial charge in [-0.2, -0.15) is 13.2 Å². The Balaban J connectivity index is 1.78. The fraction of sp³-hybridized carbons (Fsp3) is 0.438. The van der Waals surface area contributed by atoms with Gasteiger partial charge in [-0.05, 0) is 25.3 Å². The van der Waals surface area contributed by atoms with Crippen LogP contribution >= 0.6 is 11.8 Å². The number of carbonyl (C=O) groups excluding carboxylic acids is 1. The highest BCUT2D eigenvalue weighted by molar-refractivity contribution is 7.99. The molecule has 0 aliphatic carbocycles. The normalized spacial score (nSPS) is 12.8. The van der Waals surface area contributed by atoms with Crippen molar-refractivity contribution in [2.75, 3.05) is 5.75 Å². The predicted octanol–water partition coefficient (Wildman–Crippen LogP) is 3.06. The molecule has 1 unspecified atom stereocenters. The van der Waals surface area contributed by atoms with Gasteiger partial charge in [0.15, 0.2) is 5.16 Å². The van der Waals surface area contributed by atoms with E-state index in [1.54, 1.807) is 0 Å². The van der Waals surface area contributed by atoms with Crippen LogP contribution in [0.5, 0.6) is 0 Å². The summed E-state index contributed by atoms with van der Waals surface area (Å²) in [7, 11) is 1.23. The van der Waals surface area contributed by atoms with E-state index in [9.17, 15) is 18.0 Å². The molecule has 0 aliphatic rings. The number of thioether (sulfide) groups is 1. The maximum Gasteiger partial charge on any atom is 0.451 e.